The molecule has 110 valence electrons. The number of ether oxygens (including phenoxy) is 2. The molecule has 0 bridgehead atoms. The van der Waals surface area contributed by atoms with E-state index in [0.717, 1.165) is 6.04 Å². The van der Waals surface area contributed by atoms with Crippen LogP contribution in [0.25, 0.3) is 6.08 Å². The van der Waals surface area contributed by atoms with Crippen LogP contribution >= 0.6 is 0 Å². The molecule has 7 heteroatoms. The van der Waals surface area contributed by atoms with E-state index in [1.807, 2.05) is 0 Å². The summed E-state index contributed by atoms with van der Waals surface area (Å²) >= 11 is 0. The zero-order valence-corrected chi connectivity index (χ0v) is 13.0. The average molecular weight is 296 g/mol. The lowest BCUT2D eigenvalue weighted by molar-refractivity contribution is -0.132. The van der Waals surface area contributed by atoms with E-state index in [-0.39, 0.29) is 12.2 Å². The van der Waals surface area contributed by atoms with Gasteiger partial charge in [-0.15, -0.1) is 0 Å². The largest absolute Gasteiger partial charge is 0.485 e. The third-order valence-electron chi connectivity index (χ3n) is 3.02. The van der Waals surface area contributed by atoms with Gasteiger partial charge in [0, 0.05) is 14.7 Å². The second-order valence-corrected chi connectivity index (χ2v) is 11.6. The number of fused-ring (bicyclic) bond motifs is 1. The van der Waals surface area contributed by atoms with Gasteiger partial charge < -0.3 is 14.6 Å². The van der Waals surface area contributed by atoms with Crippen molar-refractivity contribution in [2.24, 2.45) is 0 Å². The van der Waals surface area contributed by atoms with Crippen LogP contribution in [0.4, 0.5) is 0 Å². The number of carboxylic acid groups (broad SMARTS) is 1. The minimum atomic E-state index is -1.10. The molecule has 0 atom stereocenters. The molecule has 0 fully saturated rings. The second kappa shape index (κ2) is 5.80. The van der Waals surface area contributed by atoms with Crippen molar-refractivity contribution in [3.63, 3.8) is 0 Å². The van der Waals surface area contributed by atoms with Gasteiger partial charge in [-0.2, -0.15) is 5.10 Å². The number of carboxylic acids is 1. The summed E-state index contributed by atoms with van der Waals surface area (Å²) in [5.41, 5.74) is 0.878. The van der Waals surface area contributed by atoms with Crippen molar-refractivity contribution in [2.45, 2.75) is 32.4 Å². The maximum absolute atomic E-state index is 11.0. The van der Waals surface area contributed by atoms with Crippen LogP contribution in [0.2, 0.25) is 25.7 Å². The van der Waals surface area contributed by atoms with Crippen LogP contribution in [0, 0.1) is 0 Å². The smallest absolute Gasteiger partial charge is 0.335 e. The Morgan fingerprint density at radius 1 is 1.55 bits per heavy atom. The molecular weight excluding hydrogens is 276 g/mol. The highest BCUT2D eigenvalue weighted by Gasteiger charge is 2.20. The summed E-state index contributed by atoms with van der Waals surface area (Å²) < 4.78 is 12.6. The summed E-state index contributed by atoms with van der Waals surface area (Å²) in [6.45, 7) is 7.96. The Hall–Kier alpha value is -1.60. The molecule has 1 aromatic heterocycles. The van der Waals surface area contributed by atoms with E-state index in [1.54, 1.807) is 17.0 Å². The summed E-state index contributed by atoms with van der Waals surface area (Å²) in [4.78, 5) is 11.0. The van der Waals surface area contributed by atoms with E-state index in [2.05, 4.69) is 24.7 Å². The first-order valence-corrected chi connectivity index (χ1v) is 10.3. The van der Waals surface area contributed by atoms with Gasteiger partial charge in [0.05, 0.1) is 11.8 Å². The highest BCUT2D eigenvalue weighted by atomic mass is 28.3. The van der Waals surface area contributed by atoms with E-state index in [9.17, 15) is 4.79 Å². The van der Waals surface area contributed by atoms with Crippen LogP contribution in [0.5, 0.6) is 5.75 Å². The molecule has 1 aliphatic heterocycles. The third-order valence-corrected chi connectivity index (χ3v) is 4.73. The molecule has 2 heterocycles. The van der Waals surface area contributed by atoms with Gasteiger partial charge in [-0.05, 0) is 12.1 Å². The van der Waals surface area contributed by atoms with Gasteiger partial charge in [-0.1, -0.05) is 19.6 Å². The van der Waals surface area contributed by atoms with Crippen molar-refractivity contribution in [2.75, 3.05) is 13.2 Å². The molecule has 2 rings (SSSR count). The average Bonchev–Trinajstić information content (AvgIpc) is 2.76. The van der Waals surface area contributed by atoms with Crippen molar-refractivity contribution in [1.82, 2.24) is 9.78 Å². The molecule has 20 heavy (non-hydrogen) atoms. The highest BCUT2D eigenvalue weighted by Crippen LogP contribution is 2.26. The molecule has 0 radical (unpaired) electrons. The van der Waals surface area contributed by atoms with Gasteiger partial charge in [0.15, 0.2) is 5.75 Å². The molecule has 1 aromatic rings. The van der Waals surface area contributed by atoms with Crippen LogP contribution in [-0.2, 0) is 16.3 Å². The molecule has 0 aromatic carbocycles. The van der Waals surface area contributed by atoms with Crippen LogP contribution < -0.4 is 4.74 Å². The zero-order valence-electron chi connectivity index (χ0n) is 12.0. The van der Waals surface area contributed by atoms with Crippen LogP contribution in [0.3, 0.4) is 0 Å². The first kappa shape index (κ1) is 14.8. The molecule has 0 saturated heterocycles. The first-order valence-electron chi connectivity index (χ1n) is 6.57. The summed E-state index contributed by atoms with van der Waals surface area (Å²) in [6.07, 6.45) is 3.18. The lowest BCUT2D eigenvalue weighted by Crippen LogP contribution is -2.22. The topological polar surface area (TPSA) is 73.6 Å². The lowest BCUT2D eigenvalue weighted by Gasteiger charge is -2.16. The lowest BCUT2D eigenvalue weighted by atomic mass is 10.2. The van der Waals surface area contributed by atoms with Crippen molar-refractivity contribution < 1.29 is 19.4 Å². The Morgan fingerprint density at radius 2 is 2.30 bits per heavy atom. The maximum Gasteiger partial charge on any atom is 0.335 e. The number of hydrogen-bond acceptors (Lipinski definition) is 4. The van der Waals surface area contributed by atoms with E-state index in [4.69, 9.17) is 14.6 Å². The fraction of sp³-hybridized carbons (Fsp3) is 0.538. The van der Waals surface area contributed by atoms with Crippen LogP contribution in [0.1, 0.15) is 5.69 Å². The monoisotopic (exact) mass is 296 g/mol. The van der Waals surface area contributed by atoms with Crippen molar-refractivity contribution in [1.29, 1.82) is 0 Å². The Labute approximate surface area is 119 Å². The number of carbonyl (C=O) groups is 1. The van der Waals surface area contributed by atoms with E-state index in [0.29, 0.717) is 24.8 Å². The standard InChI is InChI=1S/C13H20N2O4Si/c1-20(2,3)5-4-18-9-15-11-6-10(13(16)17)8-19-12(11)7-14-15/h6-7H,4-5,8-9H2,1-3H3,(H,16,17). The minimum Gasteiger partial charge on any atom is -0.485 e. The number of hydrogen-bond donors (Lipinski definition) is 1. The first-order chi connectivity index (χ1) is 9.37. The van der Waals surface area contributed by atoms with Gasteiger partial charge in [0.2, 0.25) is 0 Å². The molecule has 0 saturated carbocycles. The number of rotatable bonds is 6. The van der Waals surface area contributed by atoms with Crippen LogP contribution in [-0.4, -0.2) is 42.1 Å². The molecule has 1 aliphatic rings. The van der Waals surface area contributed by atoms with Crippen molar-refractivity contribution >= 4 is 20.1 Å². The van der Waals surface area contributed by atoms with E-state index in [1.165, 1.54) is 0 Å². The Balaban J connectivity index is 1.98. The highest BCUT2D eigenvalue weighted by molar-refractivity contribution is 6.76. The Bertz CT molecular complexity index is 531. The molecule has 6 nitrogen and oxygen atoms in total. The SMILES string of the molecule is C[Si](C)(C)CCOCn1ncc2c1C=C(C(=O)O)CO2. The van der Waals surface area contributed by atoms with E-state index < -0.39 is 14.0 Å². The molecule has 0 unspecified atom stereocenters. The number of aromatic nitrogens is 2. The molecule has 0 spiro atoms. The normalized spacial score (nSPS) is 14.4. The molecule has 0 aliphatic carbocycles. The van der Waals surface area contributed by atoms with Crippen LogP contribution in [0.15, 0.2) is 11.8 Å². The molecule has 0 amide bonds. The zero-order chi connectivity index (χ0) is 14.8. The Morgan fingerprint density at radius 3 is 2.95 bits per heavy atom. The summed E-state index contributed by atoms with van der Waals surface area (Å²) in [5.74, 6) is -0.369. The van der Waals surface area contributed by atoms with Crippen molar-refractivity contribution in [3.8, 4) is 5.75 Å². The quantitative estimate of drug-likeness (QED) is 0.642. The Kier molecular flexibility index (Phi) is 4.29. The van der Waals surface area contributed by atoms with Gasteiger partial charge in [0.25, 0.3) is 0 Å². The number of aliphatic carboxylic acids is 1. The maximum atomic E-state index is 11.0. The van der Waals surface area contributed by atoms with Gasteiger partial charge >= 0.3 is 5.97 Å². The summed E-state index contributed by atoms with van der Waals surface area (Å²) in [6, 6.07) is 1.09. The van der Waals surface area contributed by atoms with Gasteiger partial charge in [-0.25, -0.2) is 9.48 Å². The van der Waals surface area contributed by atoms with E-state index >= 15 is 0 Å². The predicted octanol–water partition coefficient (Wildman–Crippen LogP) is 2.06. The molecule has 1 N–H and O–H groups in total. The van der Waals surface area contributed by atoms with Crippen molar-refractivity contribution in [3.05, 3.63) is 17.5 Å². The third kappa shape index (κ3) is 3.70. The van der Waals surface area contributed by atoms with Gasteiger partial charge in [0.1, 0.15) is 19.0 Å². The molecular formula is C13H20N2O4Si. The van der Waals surface area contributed by atoms with Gasteiger partial charge in [-0.3, -0.25) is 0 Å². The minimum absolute atomic E-state index is 0.0739. The fourth-order valence-electron chi connectivity index (χ4n) is 1.75. The summed E-state index contributed by atoms with van der Waals surface area (Å²) in [5, 5.41) is 13.2. The number of nitrogens with zero attached hydrogens (tertiary/aromatic N) is 2. The second-order valence-electron chi connectivity index (χ2n) is 6.01. The summed E-state index contributed by atoms with van der Waals surface area (Å²) in [7, 11) is -1.10. The fourth-order valence-corrected chi connectivity index (χ4v) is 2.51. The predicted molar refractivity (Wildman–Crippen MR) is 77.4 cm³/mol.